The molecule has 0 aromatic carbocycles. The van der Waals surface area contributed by atoms with Crippen LogP contribution in [0.25, 0.3) is 0 Å². The van der Waals surface area contributed by atoms with E-state index >= 15 is 0 Å². The van der Waals surface area contributed by atoms with Gasteiger partial charge in [-0.2, -0.15) is 5.26 Å². The van der Waals surface area contributed by atoms with Crippen molar-refractivity contribution in [3.63, 3.8) is 0 Å². The highest BCUT2D eigenvalue weighted by atomic mass is 32.1. The van der Waals surface area contributed by atoms with Gasteiger partial charge in [0, 0.05) is 39.3 Å². The van der Waals surface area contributed by atoms with Crippen LogP contribution >= 0.6 is 11.3 Å². The second-order valence-electron chi connectivity index (χ2n) is 6.64. The normalized spacial score (nSPS) is 19.3. The molecule has 0 saturated carbocycles. The van der Waals surface area contributed by atoms with Gasteiger partial charge in [-0.3, -0.25) is 14.5 Å². The molecule has 3 rings (SSSR count). The van der Waals surface area contributed by atoms with Crippen molar-refractivity contribution in [1.82, 2.24) is 14.7 Å². The fourth-order valence-electron chi connectivity index (χ4n) is 3.43. The van der Waals surface area contributed by atoms with Crippen LogP contribution in [-0.2, 0) is 4.79 Å². The van der Waals surface area contributed by atoms with Crippen LogP contribution in [0.1, 0.15) is 40.9 Å². The Morgan fingerprint density at radius 2 is 1.68 bits per heavy atom. The zero-order valence-corrected chi connectivity index (χ0v) is 15.3. The van der Waals surface area contributed by atoms with E-state index in [2.05, 4.69) is 11.0 Å². The minimum atomic E-state index is -0.0648. The molecule has 0 radical (unpaired) electrons. The average molecular weight is 360 g/mol. The number of nitriles is 1. The van der Waals surface area contributed by atoms with Gasteiger partial charge in [0.05, 0.1) is 12.1 Å². The van der Waals surface area contributed by atoms with E-state index in [9.17, 15) is 9.59 Å². The SMILES string of the molecule is N#Cc1ccsc1C(=O)N1CCN(CC(=O)N2CCCCCC2)CC1. The summed E-state index contributed by atoms with van der Waals surface area (Å²) in [6, 6.07) is 3.76. The zero-order chi connectivity index (χ0) is 17.6. The molecular formula is C18H24N4O2S. The lowest BCUT2D eigenvalue weighted by Gasteiger charge is -2.35. The first kappa shape index (κ1) is 17.9. The summed E-state index contributed by atoms with van der Waals surface area (Å²) in [5, 5.41) is 10.9. The highest BCUT2D eigenvalue weighted by molar-refractivity contribution is 7.12. The molecule has 6 nitrogen and oxygen atoms in total. The number of carbonyl (C=O) groups excluding carboxylic acids is 2. The Morgan fingerprint density at radius 3 is 2.32 bits per heavy atom. The third-order valence-electron chi connectivity index (χ3n) is 4.96. The molecule has 134 valence electrons. The van der Waals surface area contributed by atoms with Crippen LogP contribution in [0.5, 0.6) is 0 Å². The van der Waals surface area contributed by atoms with Crippen molar-refractivity contribution in [2.45, 2.75) is 25.7 Å². The first-order valence-electron chi connectivity index (χ1n) is 8.96. The summed E-state index contributed by atoms with van der Waals surface area (Å²) in [7, 11) is 0. The minimum absolute atomic E-state index is 0.0648. The van der Waals surface area contributed by atoms with Gasteiger partial charge in [-0.1, -0.05) is 12.8 Å². The molecule has 2 saturated heterocycles. The predicted molar refractivity (Wildman–Crippen MR) is 96.4 cm³/mol. The predicted octanol–water partition coefficient (Wildman–Crippen LogP) is 1.78. The molecule has 3 heterocycles. The standard InChI is InChI=1S/C18H24N4O2S/c19-13-15-5-12-25-17(15)18(24)22-10-8-20(9-11-22)14-16(23)21-6-3-1-2-4-7-21/h5,12H,1-4,6-11,14H2. The third-order valence-corrected chi connectivity index (χ3v) is 5.86. The van der Waals surface area contributed by atoms with Gasteiger partial charge in [0.25, 0.3) is 5.91 Å². The van der Waals surface area contributed by atoms with Gasteiger partial charge in [-0.25, -0.2) is 0 Å². The van der Waals surface area contributed by atoms with Crippen LogP contribution < -0.4 is 0 Å². The quantitative estimate of drug-likeness (QED) is 0.824. The summed E-state index contributed by atoms with van der Waals surface area (Å²) < 4.78 is 0. The average Bonchev–Trinajstić information content (AvgIpc) is 2.94. The van der Waals surface area contributed by atoms with Gasteiger partial charge in [0.2, 0.25) is 5.91 Å². The fourth-order valence-corrected chi connectivity index (χ4v) is 4.24. The van der Waals surface area contributed by atoms with Gasteiger partial charge in [-0.05, 0) is 24.3 Å². The summed E-state index contributed by atoms with van der Waals surface area (Å²) >= 11 is 1.32. The number of rotatable bonds is 3. The largest absolute Gasteiger partial charge is 0.342 e. The number of thiophene rings is 1. The number of amides is 2. The molecule has 0 spiro atoms. The Labute approximate surface area is 152 Å². The highest BCUT2D eigenvalue weighted by Crippen LogP contribution is 2.19. The molecule has 7 heteroatoms. The van der Waals surface area contributed by atoms with E-state index in [4.69, 9.17) is 5.26 Å². The van der Waals surface area contributed by atoms with E-state index in [1.54, 1.807) is 16.3 Å². The number of hydrogen-bond donors (Lipinski definition) is 0. The summed E-state index contributed by atoms with van der Waals surface area (Å²) in [5.41, 5.74) is 0.453. The van der Waals surface area contributed by atoms with E-state index in [-0.39, 0.29) is 11.8 Å². The smallest absolute Gasteiger partial charge is 0.265 e. The summed E-state index contributed by atoms with van der Waals surface area (Å²) in [6.45, 7) is 4.84. The molecule has 2 aliphatic rings. The van der Waals surface area contributed by atoms with Crippen LogP contribution in [0, 0.1) is 11.3 Å². The first-order chi connectivity index (χ1) is 12.2. The molecule has 1 aromatic heterocycles. The lowest BCUT2D eigenvalue weighted by molar-refractivity contribution is -0.132. The topological polar surface area (TPSA) is 67.6 Å². The van der Waals surface area contributed by atoms with E-state index < -0.39 is 0 Å². The number of piperazine rings is 1. The maximum absolute atomic E-state index is 12.5. The number of likely N-dealkylation sites (tertiary alicyclic amines) is 1. The second-order valence-corrected chi connectivity index (χ2v) is 7.55. The second kappa shape index (κ2) is 8.45. The third kappa shape index (κ3) is 4.39. The van der Waals surface area contributed by atoms with Crippen LogP contribution in [-0.4, -0.2) is 72.3 Å². The molecule has 1 aromatic rings. The van der Waals surface area contributed by atoms with Crippen molar-refractivity contribution in [2.75, 3.05) is 45.8 Å². The first-order valence-corrected chi connectivity index (χ1v) is 9.84. The molecular weight excluding hydrogens is 336 g/mol. The molecule has 2 amide bonds. The van der Waals surface area contributed by atoms with Gasteiger partial charge in [0.15, 0.2) is 0 Å². The van der Waals surface area contributed by atoms with Crippen molar-refractivity contribution in [2.24, 2.45) is 0 Å². The number of hydrogen-bond acceptors (Lipinski definition) is 5. The molecule has 0 bridgehead atoms. The van der Waals surface area contributed by atoms with Crippen LogP contribution in [0.4, 0.5) is 0 Å². The van der Waals surface area contributed by atoms with Crippen molar-refractivity contribution < 1.29 is 9.59 Å². The maximum atomic E-state index is 12.5. The molecule has 2 aliphatic heterocycles. The van der Waals surface area contributed by atoms with Crippen LogP contribution in [0.2, 0.25) is 0 Å². The van der Waals surface area contributed by atoms with Crippen molar-refractivity contribution in [1.29, 1.82) is 5.26 Å². The molecule has 0 atom stereocenters. The van der Waals surface area contributed by atoms with Crippen molar-refractivity contribution in [3.05, 3.63) is 21.9 Å². The molecule has 0 N–H and O–H groups in total. The Balaban J connectivity index is 1.49. The molecule has 2 fully saturated rings. The van der Waals surface area contributed by atoms with Gasteiger partial charge in [0.1, 0.15) is 10.9 Å². The number of nitrogens with zero attached hydrogens (tertiary/aromatic N) is 4. The molecule has 25 heavy (non-hydrogen) atoms. The van der Waals surface area contributed by atoms with E-state index in [0.717, 1.165) is 25.9 Å². The fraction of sp³-hybridized carbons (Fsp3) is 0.611. The Kier molecular flexibility index (Phi) is 6.05. The van der Waals surface area contributed by atoms with Gasteiger partial charge in [-0.15, -0.1) is 11.3 Å². The van der Waals surface area contributed by atoms with E-state index in [0.29, 0.717) is 43.2 Å². The molecule has 0 aliphatic carbocycles. The summed E-state index contributed by atoms with van der Waals surface area (Å²) in [6.07, 6.45) is 4.65. The lowest BCUT2D eigenvalue weighted by atomic mass is 10.2. The van der Waals surface area contributed by atoms with Crippen LogP contribution in [0.15, 0.2) is 11.4 Å². The summed E-state index contributed by atoms with van der Waals surface area (Å²) in [4.78, 5) is 31.5. The molecule has 0 unspecified atom stereocenters. The maximum Gasteiger partial charge on any atom is 0.265 e. The highest BCUT2D eigenvalue weighted by Gasteiger charge is 2.26. The number of carbonyl (C=O) groups is 2. The summed E-state index contributed by atoms with van der Waals surface area (Å²) in [5.74, 6) is 0.150. The minimum Gasteiger partial charge on any atom is -0.342 e. The Morgan fingerprint density at radius 1 is 1.00 bits per heavy atom. The Hall–Kier alpha value is -1.91. The van der Waals surface area contributed by atoms with E-state index in [1.165, 1.54) is 24.2 Å². The van der Waals surface area contributed by atoms with Crippen molar-refractivity contribution in [3.8, 4) is 6.07 Å². The van der Waals surface area contributed by atoms with Crippen LogP contribution in [0.3, 0.4) is 0 Å². The van der Waals surface area contributed by atoms with Gasteiger partial charge >= 0.3 is 0 Å². The monoisotopic (exact) mass is 360 g/mol. The van der Waals surface area contributed by atoms with Gasteiger partial charge < -0.3 is 9.80 Å². The van der Waals surface area contributed by atoms with Crippen molar-refractivity contribution >= 4 is 23.2 Å². The van der Waals surface area contributed by atoms with E-state index in [1.807, 2.05) is 4.90 Å². The zero-order valence-electron chi connectivity index (χ0n) is 14.4. The Bertz CT molecular complexity index is 650. The lowest BCUT2D eigenvalue weighted by Crippen LogP contribution is -2.51.